The van der Waals surface area contributed by atoms with Gasteiger partial charge in [0.25, 0.3) is 0 Å². The SMILES string of the molecule is O=C(/C=C/c1ccc(O)c(O)c1)OC[C@H]1O[C@@H](OC2=Cc3c(cc(O)cc3O[C@@H]3O[C@H](CO)[C@@H](O)[C@H](O)[C@@H]3O)OC2c2ccc(O)cc2)[C@H](O[C@@H]2O[C@H](CO)[C@@H](O)[C@H](O)[C@H]2O)[C@@H](O)[C@@H]1O. The van der Waals surface area contributed by atoms with Crippen molar-refractivity contribution in [3.05, 3.63) is 83.1 Å². The first-order valence-corrected chi connectivity index (χ1v) is 20.0. The minimum Gasteiger partial charge on any atom is -0.508 e. The number of phenolic OH excluding ortho intramolecular Hbond substituents is 4. The van der Waals surface area contributed by atoms with E-state index in [0.29, 0.717) is 11.1 Å². The molecule has 3 aromatic carbocycles. The molecule has 3 aromatic rings. The van der Waals surface area contributed by atoms with Crippen LogP contribution in [0.5, 0.6) is 34.5 Å². The van der Waals surface area contributed by atoms with Crippen molar-refractivity contribution in [1.82, 2.24) is 0 Å². The molecule has 0 bridgehead atoms. The van der Waals surface area contributed by atoms with E-state index in [1.807, 2.05) is 0 Å². The highest BCUT2D eigenvalue weighted by Crippen LogP contribution is 2.46. The molecule has 3 fully saturated rings. The molecule has 14 N–H and O–H groups in total. The second-order valence-corrected chi connectivity index (χ2v) is 15.5. The number of fused-ring (bicyclic) bond motifs is 1. The minimum absolute atomic E-state index is 0.0215. The third-order valence-corrected chi connectivity index (χ3v) is 11.0. The van der Waals surface area contributed by atoms with E-state index in [4.69, 9.17) is 37.9 Å². The van der Waals surface area contributed by atoms with Crippen molar-refractivity contribution in [2.45, 2.75) is 98.2 Å². The van der Waals surface area contributed by atoms with E-state index in [1.165, 1.54) is 60.7 Å². The smallest absolute Gasteiger partial charge is 0.330 e. The maximum absolute atomic E-state index is 12.8. The number of aromatic hydroxyl groups is 4. The highest BCUT2D eigenvalue weighted by molar-refractivity contribution is 5.87. The summed E-state index contributed by atoms with van der Waals surface area (Å²) in [6.07, 6.45) is -24.9. The number of phenols is 4. The van der Waals surface area contributed by atoms with Gasteiger partial charge in [-0.1, -0.05) is 18.2 Å². The van der Waals surface area contributed by atoms with Crippen LogP contribution in [0.1, 0.15) is 22.8 Å². The molecule has 7 rings (SSSR count). The maximum atomic E-state index is 12.8. The standard InChI is InChI=1S/C42H48O23/c43-13-26-30(50)33(53)36(56)40(62-26)60-24-11-19(46)10-23-20(24)12-25(38(59-23)17-3-5-18(45)6-4-17)61-42-39(65-41-37(57)34(54)31(51)27(14-44)63-41)35(55)32(52)28(64-42)15-58-29(49)8-2-16-1-7-21(47)22(48)9-16/h1-12,26-28,30-48,50-57H,13-15H2/b8-2+/t26-,27-,28-,30-,31-,32-,33+,34+,35+,36+,37-,38?,39-,40-,41+,42-/m1/s1. The molecule has 354 valence electrons. The Hall–Kier alpha value is -5.35. The van der Waals surface area contributed by atoms with E-state index < -0.39 is 141 Å². The Morgan fingerprint density at radius 2 is 1.23 bits per heavy atom. The van der Waals surface area contributed by atoms with Crippen LogP contribution in [0.4, 0.5) is 0 Å². The molecular weight excluding hydrogens is 872 g/mol. The first kappa shape index (κ1) is 47.6. The van der Waals surface area contributed by atoms with Crippen molar-refractivity contribution in [2.24, 2.45) is 0 Å². The molecular formula is C42H48O23. The lowest BCUT2D eigenvalue weighted by Crippen LogP contribution is -2.64. The molecule has 0 aliphatic carbocycles. The lowest BCUT2D eigenvalue weighted by atomic mass is 9.97. The van der Waals surface area contributed by atoms with Crippen molar-refractivity contribution >= 4 is 18.1 Å². The molecule has 0 spiro atoms. The van der Waals surface area contributed by atoms with E-state index in [-0.39, 0.29) is 28.6 Å². The van der Waals surface area contributed by atoms with Crippen LogP contribution < -0.4 is 9.47 Å². The van der Waals surface area contributed by atoms with Crippen LogP contribution in [0.3, 0.4) is 0 Å². The third-order valence-electron chi connectivity index (χ3n) is 11.0. The zero-order valence-electron chi connectivity index (χ0n) is 33.7. The number of esters is 1. The maximum Gasteiger partial charge on any atom is 0.330 e. The Morgan fingerprint density at radius 3 is 1.88 bits per heavy atom. The Balaban J connectivity index is 1.23. The van der Waals surface area contributed by atoms with Gasteiger partial charge in [-0.15, -0.1) is 0 Å². The summed E-state index contributed by atoms with van der Waals surface area (Å²) in [6.45, 7) is -2.38. The van der Waals surface area contributed by atoms with Crippen molar-refractivity contribution in [3.63, 3.8) is 0 Å². The van der Waals surface area contributed by atoms with E-state index in [0.717, 1.165) is 12.1 Å². The van der Waals surface area contributed by atoms with Gasteiger partial charge in [-0.2, -0.15) is 0 Å². The summed E-state index contributed by atoms with van der Waals surface area (Å²) in [7, 11) is 0. The number of carbonyl (C=O) groups excluding carboxylic acids is 1. The van der Waals surface area contributed by atoms with Gasteiger partial charge < -0.3 is 109 Å². The van der Waals surface area contributed by atoms with Gasteiger partial charge in [-0.3, -0.25) is 0 Å². The molecule has 4 aliphatic rings. The molecule has 4 aliphatic heterocycles. The van der Waals surface area contributed by atoms with Gasteiger partial charge >= 0.3 is 5.97 Å². The van der Waals surface area contributed by atoms with Crippen molar-refractivity contribution in [1.29, 1.82) is 0 Å². The number of aliphatic hydroxyl groups excluding tert-OH is 10. The van der Waals surface area contributed by atoms with Gasteiger partial charge in [0.15, 0.2) is 30.0 Å². The van der Waals surface area contributed by atoms with Crippen LogP contribution >= 0.6 is 0 Å². The van der Waals surface area contributed by atoms with E-state index in [9.17, 15) is 76.3 Å². The lowest BCUT2D eigenvalue weighted by Gasteiger charge is -2.46. The number of carbonyl (C=O) groups is 1. The first-order chi connectivity index (χ1) is 31.0. The van der Waals surface area contributed by atoms with Gasteiger partial charge in [-0.05, 0) is 42.0 Å². The molecule has 1 unspecified atom stereocenters. The summed E-state index contributed by atoms with van der Waals surface area (Å²) in [4.78, 5) is 12.8. The normalized spacial score (nSPS) is 34.8. The predicted octanol–water partition coefficient (Wildman–Crippen LogP) is -2.93. The number of aliphatic hydroxyl groups is 10. The van der Waals surface area contributed by atoms with E-state index in [1.54, 1.807) is 0 Å². The summed E-state index contributed by atoms with van der Waals surface area (Å²) >= 11 is 0. The monoisotopic (exact) mass is 920 g/mol. The van der Waals surface area contributed by atoms with Crippen LogP contribution in [0.2, 0.25) is 0 Å². The molecule has 16 atom stereocenters. The van der Waals surface area contributed by atoms with Gasteiger partial charge in [0.1, 0.15) is 103 Å². The van der Waals surface area contributed by atoms with Crippen LogP contribution in [0.25, 0.3) is 12.2 Å². The quantitative estimate of drug-likeness (QED) is 0.0463. The number of hydrogen-bond donors (Lipinski definition) is 14. The Bertz CT molecular complexity index is 2180. The molecule has 23 heteroatoms. The minimum atomic E-state index is -2.05. The van der Waals surface area contributed by atoms with Crippen molar-refractivity contribution < 1.29 is 114 Å². The van der Waals surface area contributed by atoms with Crippen molar-refractivity contribution in [2.75, 3.05) is 19.8 Å². The Kier molecular flexibility index (Phi) is 14.7. The predicted molar refractivity (Wildman–Crippen MR) is 212 cm³/mol. The van der Waals surface area contributed by atoms with Gasteiger partial charge in [0, 0.05) is 23.8 Å². The summed E-state index contributed by atoms with van der Waals surface area (Å²) in [5.74, 6) is -2.98. The molecule has 0 amide bonds. The summed E-state index contributed by atoms with van der Waals surface area (Å²) in [5.41, 5.74) is 0.571. The third kappa shape index (κ3) is 10.2. The zero-order chi connectivity index (χ0) is 46.9. The van der Waals surface area contributed by atoms with Crippen LogP contribution in [0.15, 0.2) is 66.4 Å². The second-order valence-electron chi connectivity index (χ2n) is 15.5. The van der Waals surface area contributed by atoms with E-state index in [2.05, 4.69) is 0 Å². The zero-order valence-corrected chi connectivity index (χ0v) is 33.7. The Labute approximate surface area is 367 Å². The van der Waals surface area contributed by atoms with Crippen LogP contribution in [-0.2, 0) is 33.2 Å². The van der Waals surface area contributed by atoms with Gasteiger partial charge in [0.2, 0.25) is 12.6 Å². The molecule has 0 saturated carbocycles. The largest absolute Gasteiger partial charge is 0.508 e. The number of hydrogen-bond acceptors (Lipinski definition) is 23. The molecule has 0 aromatic heterocycles. The fourth-order valence-electron chi connectivity index (χ4n) is 7.37. The van der Waals surface area contributed by atoms with Gasteiger partial charge in [-0.25, -0.2) is 4.79 Å². The average Bonchev–Trinajstić information content (AvgIpc) is 3.29. The summed E-state index contributed by atoms with van der Waals surface area (Å²) in [6, 6.07) is 11.5. The van der Waals surface area contributed by atoms with E-state index >= 15 is 0 Å². The summed E-state index contributed by atoms with van der Waals surface area (Å²) < 4.78 is 46.8. The number of ether oxygens (including phenoxy) is 8. The van der Waals surface area contributed by atoms with Crippen LogP contribution in [0, 0.1) is 0 Å². The topological polar surface area (TPSA) is 374 Å². The molecule has 4 heterocycles. The summed E-state index contributed by atoms with van der Waals surface area (Å²) in [5, 5.41) is 146. The molecule has 3 saturated heterocycles. The molecule has 65 heavy (non-hydrogen) atoms. The second kappa shape index (κ2) is 20.0. The molecule has 0 radical (unpaired) electrons. The fourth-order valence-corrected chi connectivity index (χ4v) is 7.37. The lowest BCUT2D eigenvalue weighted by molar-refractivity contribution is -0.364. The highest BCUT2D eigenvalue weighted by Gasteiger charge is 2.52. The first-order valence-electron chi connectivity index (χ1n) is 20.0. The molecule has 23 nitrogen and oxygen atoms in total. The van der Waals surface area contributed by atoms with Crippen LogP contribution in [-0.4, -0.2) is 189 Å². The Morgan fingerprint density at radius 1 is 0.615 bits per heavy atom. The average molecular weight is 921 g/mol. The highest BCUT2D eigenvalue weighted by atomic mass is 16.8. The number of benzene rings is 3. The van der Waals surface area contributed by atoms with Gasteiger partial charge in [0.05, 0.1) is 18.8 Å². The number of rotatable bonds is 13. The fraction of sp³-hybridized carbons (Fsp3) is 0.452. The van der Waals surface area contributed by atoms with Crippen molar-refractivity contribution in [3.8, 4) is 34.5 Å².